The van der Waals surface area contributed by atoms with Crippen molar-refractivity contribution in [2.45, 2.75) is 6.54 Å². The predicted octanol–water partition coefficient (Wildman–Crippen LogP) is 5.76. The Balaban J connectivity index is 1.36. The number of nitrogens with zero attached hydrogens (tertiary/aromatic N) is 3. The fourth-order valence-electron chi connectivity index (χ4n) is 3.79. The lowest BCUT2D eigenvalue weighted by Gasteiger charge is -2.07. The van der Waals surface area contributed by atoms with Crippen molar-refractivity contribution in [1.82, 2.24) is 15.2 Å². The van der Waals surface area contributed by atoms with Gasteiger partial charge in [0.05, 0.1) is 12.8 Å². The van der Waals surface area contributed by atoms with Gasteiger partial charge in [-0.2, -0.15) is 10.2 Å². The molecule has 5 nitrogen and oxygen atoms in total. The van der Waals surface area contributed by atoms with Crippen LogP contribution in [0, 0.1) is 0 Å². The zero-order chi connectivity index (χ0) is 21.9. The summed E-state index contributed by atoms with van der Waals surface area (Å²) in [5, 5.41) is 13.1. The summed E-state index contributed by atoms with van der Waals surface area (Å²) < 4.78 is 2.74. The van der Waals surface area contributed by atoms with Crippen LogP contribution in [0.1, 0.15) is 21.6 Å². The van der Waals surface area contributed by atoms with E-state index in [0.717, 1.165) is 37.1 Å². The van der Waals surface area contributed by atoms with Crippen molar-refractivity contribution in [1.29, 1.82) is 0 Å². The van der Waals surface area contributed by atoms with Gasteiger partial charge in [0.1, 0.15) is 0 Å². The molecular formula is C26H19BrN4O. The minimum atomic E-state index is -0.348. The summed E-state index contributed by atoms with van der Waals surface area (Å²) in [6.07, 6.45) is 3.50. The second-order valence-corrected chi connectivity index (χ2v) is 8.38. The highest BCUT2D eigenvalue weighted by atomic mass is 79.9. The fraction of sp³-hybridized carbons (Fsp3) is 0.0385. The molecule has 156 valence electrons. The van der Waals surface area contributed by atoms with E-state index in [0.29, 0.717) is 12.2 Å². The van der Waals surface area contributed by atoms with Crippen molar-refractivity contribution >= 4 is 49.6 Å². The van der Waals surface area contributed by atoms with Crippen LogP contribution >= 0.6 is 15.9 Å². The van der Waals surface area contributed by atoms with E-state index in [9.17, 15) is 4.79 Å². The smallest absolute Gasteiger partial charge is 0.268 e. The molecule has 0 fully saturated rings. The summed E-state index contributed by atoms with van der Waals surface area (Å²) in [4.78, 5) is 12.6. The molecule has 0 unspecified atom stereocenters. The van der Waals surface area contributed by atoms with Crippen molar-refractivity contribution in [2.24, 2.45) is 5.10 Å². The highest BCUT2D eigenvalue weighted by Crippen LogP contribution is 2.27. The number of halogens is 1. The van der Waals surface area contributed by atoms with Gasteiger partial charge in [0.2, 0.25) is 0 Å². The number of rotatable bonds is 5. The predicted molar refractivity (Wildman–Crippen MR) is 132 cm³/mol. The lowest BCUT2D eigenvalue weighted by Crippen LogP contribution is -2.18. The number of fused-ring (bicyclic) bond motifs is 2. The molecule has 0 spiro atoms. The van der Waals surface area contributed by atoms with E-state index in [1.54, 1.807) is 23.2 Å². The van der Waals surface area contributed by atoms with Gasteiger partial charge in [-0.3, -0.25) is 9.48 Å². The molecule has 5 rings (SSSR count). The molecule has 0 bridgehead atoms. The molecule has 0 aliphatic rings. The van der Waals surface area contributed by atoms with Crippen molar-refractivity contribution in [3.8, 4) is 0 Å². The molecule has 5 aromatic rings. The topological polar surface area (TPSA) is 59.3 Å². The Bertz CT molecular complexity index is 1420. The van der Waals surface area contributed by atoms with Crippen LogP contribution in [0.15, 0.2) is 101 Å². The molecule has 0 saturated carbocycles. The highest BCUT2D eigenvalue weighted by molar-refractivity contribution is 9.10. The molecule has 0 aliphatic heterocycles. The molecular weight excluding hydrogens is 464 g/mol. The normalized spacial score (nSPS) is 11.4. The lowest BCUT2D eigenvalue weighted by molar-refractivity contribution is 0.0949. The number of amides is 1. The van der Waals surface area contributed by atoms with E-state index in [4.69, 9.17) is 0 Å². The van der Waals surface area contributed by atoms with E-state index in [1.165, 1.54) is 0 Å². The van der Waals surface area contributed by atoms with Crippen LogP contribution in [0.4, 0.5) is 0 Å². The minimum absolute atomic E-state index is 0.319. The van der Waals surface area contributed by atoms with Gasteiger partial charge in [-0.1, -0.05) is 76.6 Å². The molecule has 1 aromatic heterocycles. The standard InChI is InChI=1S/C26H19BrN4O/c27-21-9-5-6-18(14-21)17-31-13-12-25(30-31)26(32)29-28-16-24-22-10-3-1-7-19(22)15-20-8-2-4-11-23(20)24/h1-16H,17H2,(H,29,32)/b28-16+. The second kappa shape index (κ2) is 8.77. The maximum absolute atomic E-state index is 12.6. The van der Waals surface area contributed by atoms with Gasteiger partial charge in [0.15, 0.2) is 5.69 Å². The van der Waals surface area contributed by atoms with Crippen molar-refractivity contribution < 1.29 is 4.79 Å². The van der Waals surface area contributed by atoms with Gasteiger partial charge >= 0.3 is 0 Å². The minimum Gasteiger partial charge on any atom is -0.268 e. The molecule has 32 heavy (non-hydrogen) atoms. The third kappa shape index (κ3) is 4.18. The van der Waals surface area contributed by atoms with Crippen molar-refractivity contribution in [2.75, 3.05) is 0 Å². The molecule has 4 aromatic carbocycles. The quantitative estimate of drug-likeness (QED) is 0.196. The van der Waals surface area contributed by atoms with Gasteiger partial charge in [0.25, 0.3) is 5.91 Å². The number of nitrogens with one attached hydrogen (secondary N) is 1. The SMILES string of the molecule is O=C(N/N=C/c1c2ccccc2cc2ccccc12)c1ccn(Cc2cccc(Br)c2)n1. The zero-order valence-corrected chi connectivity index (χ0v) is 18.7. The highest BCUT2D eigenvalue weighted by Gasteiger charge is 2.10. The number of hydrogen-bond acceptors (Lipinski definition) is 3. The van der Waals surface area contributed by atoms with Crippen LogP contribution in [0.5, 0.6) is 0 Å². The van der Waals surface area contributed by atoms with Gasteiger partial charge in [-0.05, 0) is 51.4 Å². The fourth-order valence-corrected chi connectivity index (χ4v) is 4.24. The van der Waals surface area contributed by atoms with E-state index in [-0.39, 0.29) is 5.91 Å². The number of benzene rings is 4. The molecule has 0 aliphatic carbocycles. The molecule has 1 amide bonds. The van der Waals surface area contributed by atoms with Crippen LogP contribution in [-0.2, 0) is 6.54 Å². The first-order valence-electron chi connectivity index (χ1n) is 10.2. The van der Waals surface area contributed by atoms with Gasteiger partial charge < -0.3 is 0 Å². The average molecular weight is 483 g/mol. The number of carbonyl (C=O) groups excluding carboxylic acids is 1. The van der Waals surface area contributed by atoms with Crippen LogP contribution in [0.2, 0.25) is 0 Å². The Morgan fingerprint density at radius 1 is 0.938 bits per heavy atom. The molecule has 6 heteroatoms. The van der Waals surface area contributed by atoms with Gasteiger partial charge in [-0.25, -0.2) is 5.43 Å². The lowest BCUT2D eigenvalue weighted by atomic mass is 9.97. The van der Waals surface area contributed by atoms with E-state index in [1.807, 2.05) is 48.5 Å². The van der Waals surface area contributed by atoms with E-state index < -0.39 is 0 Å². The monoisotopic (exact) mass is 482 g/mol. The Morgan fingerprint density at radius 2 is 1.66 bits per heavy atom. The first-order valence-corrected chi connectivity index (χ1v) is 11.0. The Labute approximate surface area is 193 Å². The first kappa shape index (κ1) is 20.2. The van der Waals surface area contributed by atoms with Crippen molar-refractivity contribution in [3.05, 3.63) is 112 Å². The first-order chi connectivity index (χ1) is 15.7. The van der Waals surface area contributed by atoms with E-state index in [2.05, 4.69) is 61.9 Å². The number of hydrazone groups is 1. The zero-order valence-electron chi connectivity index (χ0n) is 17.1. The average Bonchev–Trinajstić information content (AvgIpc) is 3.27. The summed E-state index contributed by atoms with van der Waals surface area (Å²) in [5.41, 5.74) is 4.99. The summed E-state index contributed by atoms with van der Waals surface area (Å²) >= 11 is 3.47. The molecule has 1 N–H and O–H groups in total. The number of aromatic nitrogens is 2. The Hall–Kier alpha value is -3.77. The number of hydrogen-bond donors (Lipinski definition) is 1. The molecule has 0 radical (unpaired) electrons. The molecule has 1 heterocycles. The van der Waals surface area contributed by atoms with Gasteiger partial charge in [0, 0.05) is 16.2 Å². The summed E-state index contributed by atoms with van der Waals surface area (Å²) in [7, 11) is 0. The summed E-state index contributed by atoms with van der Waals surface area (Å²) in [5.74, 6) is -0.348. The third-order valence-electron chi connectivity index (χ3n) is 5.28. The summed E-state index contributed by atoms with van der Waals surface area (Å²) in [6.45, 7) is 0.581. The van der Waals surface area contributed by atoms with Crippen LogP contribution < -0.4 is 5.43 Å². The Kier molecular flexibility index (Phi) is 5.52. The molecule has 0 saturated heterocycles. The maximum atomic E-state index is 12.6. The number of carbonyl (C=O) groups is 1. The van der Waals surface area contributed by atoms with Crippen LogP contribution in [0.25, 0.3) is 21.5 Å². The van der Waals surface area contributed by atoms with Crippen molar-refractivity contribution in [3.63, 3.8) is 0 Å². The van der Waals surface area contributed by atoms with E-state index >= 15 is 0 Å². The van der Waals surface area contributed by atoms with Crippen LogP contribution in [-0.4, -0.2) is 21.9 Å². The maximum Gasteiger partial charge on any atom is 0.291 e. The van der Waals surface area contributed by atoms with Crippen LogP contribution in [0.3, 0.4) is 0 Å². The summed E-state index contributed by atoms with van der Waals surface area (Å²) in [6, 6.07) is 28.2. The largest absolute Gasteiger partial charge is 0.291 e. The van der Waals surface area contributed by atoms with Gasteiger partial charge in [-0.15, -0.1) is 0 Å². The second-order valence-electron chi connectivity index (χ2n) is 7.46. The third-order valence-corrected chi connectivity index (χ3v) is 5.77. The Morgan fingerprint density at radius 3 is 2.38 bits per heavy atom. The molecule has 0 atom stereocenters.